The van der Waals surface area contributed by atoms with Gasteiger partial charge in [-0.2, -0.15) is 5.21 Å². The molecule has 0 atom stereocenters. The molecule has 0 aliphatic heterocycles. The number of nitrogens with one attached hydrogen (secondary N) is 2. The molecule has 1 aliphatic carbocycles. The Morgan fingerprint density at radius 3 is 2.92 bits per heavy atom. The zero-order chi connectivity index (χ0) is 8.23. The van der Waals surface area contributed by atoms with Gasteiger partial charge in [0.25, 0.3) is 5.95 Å². The largest absolute Gasteiger partial charge is 0.351 e. The molecule has 5 nitrogen and oxygen atoms in total. The van der Waals surface area contributed by atoms with E-state index in [1.165, 1.54) is 25.7 Å². The lowest BCUT2D eigenvalue weighted by Crippen LogP contribution is -2.11. The van der Waals surface area contributed by atoms with Crippen LogP contribution in [0.5, 0.6) is 0 Å². The van der Waals surface area contributed by atoms with Gasteiger partial charge in [-0.25, -0.2) is 0 Å². The van der Waals surface area contributed by atoms with E-state index in [0.717, 1.165) is 12.5 Å². The van der Waals surface area contributed by atoms with Crippen molar-refractivity contribution < 1.29 is 0 Å². The van der Waals surface area contributed by atoms with Crippen LogP contribution in [-0.4, -0.2) is 27.2 Å². The van der Waals surface area contributed by atoms with Crippen molar-refractivity contribution in [3.8, 4) is 0 Å². The average molecular weight is 167 g/mol. The maximum atomic E-state index is 3.82. The number of tetrazole rings is 1. The van der Waals surface area contributed by atoms with Gasteiger partial charge in [-0.1, -0.05) is 17.9 Å². The van der Waals surface area contributed by atoms with Crippen molar-refractivity contribution in [2.75, 3.05) is 11.9 Å². The maximum absolute atomic E-state index is 3.82. The summed E-state index contributed by atoms with van der Waals surface area (Å²) in [6, 6.07) is 0. The first kappa shape index (κ1) is 7.52. The zero-order valence-corrected chi connectivity index (χ0v) is 6.95. The fourth-order valence-corrected chi connectivity index (χ4v) is 1.69. The van der Waals surface area contributed by atoms with E-state index in [2.05, 4.69) is 25.9 Å². The van der Waals surface area contributed by atoms with Crippen LogP contribution in [0, 0.1) is 5.92 Å². The fourth-order valence-electron chi connectivity index (χ4n) is 1.69. The topological polar surface area (TPSA) is 66.5 Å². The Balaban J connectivity index is 1.74. The first-order chi connectivity index (χ1) is 5.95. The zero-order valence-electron chi connectivity index (χ0n) is 6.95. The molecular formula is C7H13N5. The van der Waals surface area contributed by atoms with Crippen LogP contribution in [0.1, 0.15) is 25.7 Å². The highest BCUT2D eigenvalue weighted by molar-refractivity contribution is 5.18. The third-order valence-electron chi connectivity index (χ3n) is 2.37. The van der Waals surface area contributed by atoms with Gasteiger partial charge in [0.15, 0.2) is 0 Å². The van der Waals surface area contributed by atoms with Crippen molar-refractivity contribution in [1.82, 2.24) is 20.6 Å². The maximum Gasteiger partial charge on any atom is 0.263 e. The summed E-state index contributed by atoms with van der Waals surface area (Å²) in [7, 11) is 0. The Kier molecular flexibility index (Phi) is 2.20. The second-order valence-electron chi connectivity index (χ2n) is 3.27. The van der Waals surface area contributed by atoms with Crippen LogP contribution in [0.2, 0.25) is 0 Å². The summed E-state index contributed by atoms with van der Waals surface area (Å²) in [6.07, 6.45) is 5.42. The lowest BCUT2D eigenvalue weighted by atomic mass is 10.1. The first-order valence-corrected chi connectivity index (χ1v) is 4.42. The summed E-state index contributed by atoms with van der Waals surface area (Å²) in [5, 5.41) is 16.7. The number of hydrogen-bond acceptors (Lipinski definition) is 4. The summed E-state index contributed by atoms with van der Waals surface area (Å²) >= 11 is 0. The van der Waals surface area contributed by atoms with E-state index in [0.29, 0.717) is 5.95 Å². The van der Waals surface area contributed by atoms with E-state index in [1.807, 2.05) is 0 Å². The predicted molar refractivity (Wildman–Crippen MR) is 44.6 cm³/mol. The predicted octanol–water partition coefficient (Wildman–Crippen LogP) is 0.802. The van der Waals surface area contributed by atoms with Gasteiger partial charge in [-0.05, 0) is 24.0 Å². The van der Waals surface area contributed by atoms with Crippen LogP contribution in [0.25, 0.3) is 0 Å². The number of hydrogen-bond donors (Lipinski definition) is 2. The molecule has 0 radical (unpaired) electrons. The van der Waals surface area contributed by atoms with E-state index in [9.17, 15) is 0 Å². The van der Waals surface area contributed by atoms with Gasteiger partial charge >= 0.3 is 0 Å². The Morgan fingerprint density at radius 1 is 1.42 bits per heavy atom. The molecule has 0 amide bonds. The van der Waals surface area contributed by atoms with Crippen molar-refractivity contribution in [3.05, 3.63) is 0 Å². The van der Waals surface area contributed by atoms with Crippen LogP contribution in [-0.2, 0) is 0 Å². The molecule has 0 bridgehead atoms. The lowest BCUT2D eigenvalue weighted by Gasteiger charge is -2.07. The summed E-state index contributed by atoms with van der Waals surface area (Å²) in [5.74, 6) is 1.42. The Bertz CT molecular complexity index is 214. The molecule has 66 valence electrons. The average Bonchev–Trinajstić information content (AvgIpc) is 2.74. The van der Waals surface area contributed by atoms with Gasteiger partial charge in [0.2, 0.25) is 0 Å². The van der Waals surface area contributed by atoms with Crippen LogP contribution in [0.4, 0.5) is 5.95 Å². The summed E-state index contributed by atoms with van der Waals surface area (Å²) in [6.45, 7) is 0.986. The van der Waals surface area contributed by atoms with Crippen LogP contribution in [0.15, 0.2) is 0 Å². The molecule has 1 heterocycles. The molecule has 1 aromatic rings. The van der Waals surface area contributed by atoms with E-state index in [4.69, 9.17) is 0 Å². The fraction of sp³-hybridized carbons (Fsp3) is 0.857. The minimum Gasteiger partial charge on any atom is -0.351 e. The Morgan fingerprint density at radius 2 is 2.25 bits per heavy atom. The van der Waals surface area contributed by atoms with Gasteiger partial charge in [0.05, 0.1) is 0 Å². The van der Waals surface area contributed by atoms with Gasteiger partial charge < -0.3 is 5.32 Å². The van der Waals surface area contributed by atoms with Crippen molar-refractivity contribution in [2.45, 2.75) is 25.7 Å². The van der Waals surface area contributed by atoms with Gasteiger partial charge in [0.1, 0.15) is 0 Å². The molecule has 0 spiro atoms. The van der Waals surface area contributed by atoms with E-state index in [-0.39, 0.29) is 0 Å². The number of nitrogens with zero attached hydrogens (tertiary/aromatic N) is 3. The van der Waals surface area contributed by atoms with Gasteiger partial charge in [0, 0.05) is 6.54 Å². The van der Waals surface area contributed by atoms with Crippen molar-refractivity contribution >= 4 is 5.95 Å². The molecule has 1 saturated carbocycles. The van der Waals surface area contributed by atoms with Crippen LogP contribution < -0.4 is 5.32 Å². The van der Waals surface area contributed by atoms with E-state index >= 15 is 0 Å². The number of rotatable bonds is 3. The van der Waals surface area contributed by atoms with Crippen molar-refractivity contribution in [1.29, 1.82) is 0 Å². The molecule has 0 saturated heterocycles. The second-order valence-corrected chi connectivity index (χ2v) is 3.27. The number of H-pyrrole nitrogens is 1. The number of anilines is 1. The molecule has 0 aromatic carbocycles. The van der Waals surface area contributed by atoms with Crippen LogP contribution in [0.3, 0.4) is 0 Å². The molecule has 1 aliphatic rings. The molecular weight excluding hydrogens is 154 g/mol. The third kappa shape index (κ3) is 1.72. The van der Waals surface area contributed by atoms with E-state index < -0.39 is 0 Å². The van der Waals surface area contributed by atoms with Gasteiger partial charge in [-0.3, -0.25) is 0 Å². The molecule has 1 fully saturated rings. The highest BCUT2D eigenvalue weighted by Crippen LogP contribution is 2.24. The summed E-state index contributed by atoms with van der Waals surface area (Å²) < 4.78 is 0. The van der Waals surface area contributed by atoms with Crippen LogP contribution >= 0.6 is 0 Å². The molecule has 2 rings (SSSR count). The standard InChI is InChI=1S/C7H13N5/c1-2-4-6(3-1)5-8-7-9-11-12-10-7/h6H,1-5H2,(H2,8,9,10,11,12). The lowest BCUT2D eigenvalue weighted by molar-refractivity contribution is 0.578. The first-order valence-electron chi connectivity index (χ1n) is 4.42. The smallest absolute Gasteiger partial charge is 0.263 e. The molecule has 12 heavy (non-hydrogen) atoms. The Labute approximate surface area is 70.9 Å². The highest BCUT2D eigenvalue weighted by atomic mass is 15.5. The number of aromatic nitrogens is 4. The Hall–Kier alpha value is -1.13. The highest BCUT2D eigenvalue weighted by Gasteiger charge is 2.14. The summed E-state index contributed by atoms with van der Waals surface area (Å²) in [5.41, 5.74) is 0. The van der Waals surface area contributed by atoms with E-state index in [1.54, 1.807) is 0 Å². The molecule has 0 unspecified atom stereocenters. The minimum atomic E-state index is 0.613. The third-order valence-corrected chi connectivity index (χ3v) is 2.37. The number of aromatic amines is 1. The summed E-state index contributed by atoms with van der Waals surface area (Å²) in [4.78, 5) is 0. The normalized spacial score (nSPS) is 18.3. The van der Waals surface area contributed by atoms with Gasteiger partial charge in [-0.15, -0.1) is 5.10 Å². The quantitative estimate of drug-likeness (QED) is 0.698. The van der Waals surface area contributed by atoms with Crippen molar-refractivity contribution in [2.24, 2.45) is 5.92 Å². The monoisotopic (exact) mass is 167 g/mol. The minimum absolute atomic E-state index is 0.613. The second kappa shape index (κ2) is 3.51. The molecule has 5 heteroatoms. The van der Waals surface area contributed by atoms with Crippen molar-refractivity contribution in [3.63, 3.8) is 0 Å². The SMILES string of the molecule is C1CCC(CNc2nn[nH]n2)C1. The molecule has 1 aromatic heterocycles. The molecule has 2 N–H and O–H groups in total.